The maximum atomic E-state index is 14.0. The van der Waals surface area contributed by atoms with Crippen LogP contribution in [0.1, 0.15) is 53.7 Å². The number of carbonyl (C=O) groups excluding carboxylic acids is 1. The van der Waals surface area contributed by atoms with Gasteiger partial charge in [0.1, 0.15) is 12.1 Å². The van der Waals surface area contributed by atoms with E-state index in [1.54, 1.807) is 26.4 Å². The maximum Gasteiger partial charge on any atom is 0.230 e. The van der Waals surface area contributed by atoms with Crippen molar-refractivity contribution in [2.75, 3.05) is 51.2 Å². The summed E-state index contributed by atoms with van der Waals surface area (Å²) < 4.78 is 44.8. The van der Waals surface area contributed by atoms with Gasteiger partial charge in [-0.3, -0.25) is 14.8 Å². The van der Waals surface area contributed by atoms with Gasteiger partial charge in [-0.25, -0.2) is 18.7 Å². The molecule has 0 fully saturated rings. The first-order valence-corrected chi connectivity index (χ1v) is 16.2. The number of benzene rings is 2. The number of hydrogen-bond acceptors (Lipinski definition) is 9. The van der Waals surface area contributed by atoms with Gasteiger partial charge in [-0.2, -0.15) is 5.10 Å². The largest absolute Gasteiger partial charge is 0.493 e. The maximum absolute atomic E-state index is 14.0. The van der Waals surface area contributed by atoms with Crippen LogP contribution in [-0.4, -0.2) is 77.0 Å². The van der Waals surface area contributed by atoms with Crippen LogP contribution in [0.15, 0.2) is 42.7 Å². The molecule has 0 bridgehead atoms. The van der Waals surface area contributed by atoms with Gasteiger partial charge in [0.2, 0.25) is 5.91 Å². The zero-order chi connectivity index (χ0) is 36.0. The molecule has 2 aromatic heterocycles. The lowest BCUT2D eigenvalue weighted by molar-refractivity contribution is -0.115. The van der Waals surface area contributed by atoms with Crippen LogP contribution in [0.4, 0.5) is 26.1 Å². The Labute approximate surface area is 287 Å². The molecule has 1 radical (unpaired) electrons. The minimum Gasteiger partial charge on any atom is -0.493 e. The molecule has 11 nitrogen and oxygen atoms in total. The van der Waals surface area contributed by atoms with Gasteiger partial charge < -0.3 is 24.8 Å². The molecule has 0 saturated heterocycles. The molecule has 2 heterocycles. The van der Waals surface area contributed by atoms with Crippen LogP contribution in [0, 0.1) is 29.4 Å². The smallest absolute Gasteiger partial charge is 0.230 e. The normalized spacial score (nSPS) is 12.4. The summed E-state index contributed by atoms with van der Waals surface area (Å²) >= 11 is 0. The van der Waals surface area contributed by atoms with Crippen LogP contribution in [-0.2, 0) is 16.0 Å². The molecule has 0 saturated carbocycles. The zero-order valence-corrected chi connectivity index (χ0v) is 29.7. The highest BCUT2D eigenvalue weighted by Crippen LogP contribution is 2.47. The van der Waals surface area contributed by atoms with Crippen molar-refractivity contribution in [1.29, 1.82) is 0 Å². The van der Waals surface area contributed by atoms with E-state index in [4.69, 9.17) is 21.1 Å². The number of H-pyrrole nitrogens is 1. The van der Waals surface area contributed by atoms with Gasteiger partial charge in [0.05, 0.1) is 37.9 Å². The highest BCUT2D eigenvalue weighted by atomic mass is 19.2. The molecule has 265 valence electrons. The number of halogens is 2. The monoisotopic (exact) mass is 680 g/mol. The van der Waals surface area contributed by atoms with Gasteiger partial charge in [-0.15, -0.1) is 0 Å². The fraction of sp³-hybridized carbons (Fsp3) is 0.472. The molecule has 49 heavy (non-hydrogen) atoms. The molecule has 0 unspecified atom stereocenters. The Bertz CT molecular complexity index is 1720. The molecule has 3 N–H and O–H groups in total. The van der Waals surface area contributed by atoms with Crippen molar-refractivity contribution in [3.05, 3.63) is 67.0 Å². The lowest BCUT2D eigenvalue weighted by Gasteiger charge is -2.57. The number of fused-ring (bicyclic) bond motifs is 1. The lowest BCUT2D eigenvalue weighted by atomic mass is 9.60. The molecule has 4 rings (SSSR count). The fourth-order valence-electron chi connectivity index (χ4n) is 6.25. The molecule has 0 aliphatic carbocycles. The summed E-state index contributed by atoms with van der Waals surface area (Å²) in [7, 11) is 3.29. The number of nitrogens with zero attached hydrogens (tertiary/aromatic N) is 4. The van der Waals surface area contributed by atoms with Crippen LogP contribution in [0.5, 0.6) is 11.5 Å². The summed E-state index contributed by atoms with van der Waals surface area (Å²) in [6.07, 6.45) is 2.04. The summed E-state index contributed by atoms with van der Waals surface area (Å²) in [4.78, 5) is 23.7. The molecule has 0 spiro atoms. The summed E-state index contributed by atoms with van der Waals surface area (Å²) in [6, 6.07) is 8.81. The van der Waals surface area contributed by atoms with E-state index in [0.717, 1.165) is 25.6 Å². The van der Waals surface area contributed by atoms with E-state index in [0.29, 0.717) is 52.9 Å². The van der Waals surface area contributed by atoms with E-state index in [-0.39, 0.29) is 28.5 Å². The Morgan fingerprint density at radius 1 is 0.980 bits per heavy atom. The number of ether oxygens (including phenoxy) is 3. The van der Waals surface area contributed by atoms with Crippen molar-refractivity contribution >= 4 is 34.1 Å². The molecule has 0 aliphatic heterocycles. The second-order valence-electron chi connectivity index (χ2n) is 14.0. The number of amides is 1. The molecule has 0 aliphatic rings. The van der Waals surface area contributed by atoms with Gasteiger partial charge in [-0.1, -0.05) is 47.6 Å². The van der Waals surface area contributed by atoms with Gasteiger partial charge in [0, 0.05) is 49.0 Å². The van der Waals surface area contributed by atoms with E-state index in [9.17, 15) is 13.6 Å². The first kappa shape index (κ1) is 37.5. The second kappa shape index (κ2) is 15.5. The second-order valence-corrected chi connectivity index (χ2v) is 14.0. The predicted molar refractivity (Wildman–Crippen MR) is 187 cm³/mol. The van der Waals surface area contributed by atoms with Gasteiger partial charge in [-0.05, 0) is 42.4 Å². The number of carbonyl (C=O) groups is 1. The third kappa shape index (κ3) is 8.63. The third-order valence-electron chi connectivity index (χ3n) is 8.79. The van der Waals surface area contributed by atoms with Crippen LogP contribution in [0.3, 0.4) is 0 Å². The van der Waals surface area contributed by atoms with Gasteiger partial charge in [0.25, 0.3) is 0 Å². The first-order valence-electron chi connectivity index (χ1n) is 16.2. The van der Waals surface area contributed by atoms with Crippen molar-refractivity contribution < 1.29 is 27.8 Å². The van der Waals surface area contributed by atoms with Gasteiger partial charge >= 0.3 is 0 Å². The third-order valence-corrected chi connectivity index (χ3v) is 8.79. The predicted octanol–water partition coefficient (Wildman–Crippen LogP) is 6.95. The molecule has 13 heteroatoms. The Morgan fingerprint density at radius 3 is 2.39 bits per heavy atom. The van der Waals surface area contributed by atoms with E-state index >= 15 is 0 Å². The Morgan fingerprint density at radius 2 is 1.71 bits per heavy atom. The van der Waals surface area contributed by atoms with Crippen LogP contribution < -0.4 is 20.1 Å². The van der Waals surface area contributed by atoms with Crippen LogP contribution in [0.2, 0.25) is 0 Å². The Balaban J connectivity index is 1.44. The molecule has 2 aromatic carbocycles. The minimum atomic E-state index is -1.12. The standard InChI is InChI=1S/C36H48F2N7O4/c1-34(2,3)36(7,35(4,5)6)45(15-17-47-8)14-11-16-49-29-21-27-24(20-28(29)48-9)33(40-22-39-27)42-30-18-23(43-44-30)19-31(46)41-26-13-10-12-25(37)32(26)38/h10,12-13,18,20-22H,7,11,14-17,19H2,1-6,8-9H3,(H,41,46)(H2,39,40,42,43,44). The molecular weight excluding hydrogens is 632 g/mol. The van der Waals surface area contributed by atoms with E-state index in [1.165, 1.54) is 18.5 Å². The average Bonchev–Trinajstić information content (AvgIpc) is 3.47. The Hall–Kier alpha value is -4.36. The van der Waals surface area contributed by atoms with E-state index < -0.39 is 17.5 Å². The SMILES string of the molecule is [CH2]C(N(CCCOc1cc2ncnc(Nc3cc(CC(=O)Nc4cccc(F)c4F)[nH]n3)c2cc1OC)CCOC)(C(C)(C)C)C(C)(C)C. The van der Waals surface area contributed by atoms with Crippen LogP contribution in [0.25, 0.3) is 10.9 Å². The first-order chi connectivity index (χ1) is 23.1. The van der Waals surface area contributed by atoms with Crippen molar-refractivity contribution in [3.8, 4) is 11.5 Å². The highest BCUT2D eigenvalue weighted by molar-refractivity contribution is 5.93. The van der Waals surface area contributed by atoms with Crippen LogP contribution >= 0.6 is 0 Å². The number of methoxy groups -OCH3 is 2. The van der Waals surface area contributed by atoms with Crippen molar-refractivity contribution in [1.82, 2.24) is 25.1 Å². The van der Waals surface area contributed by atoms with E-state index in [1.807, 2.05) is 6.07 Å². The summed E-state index contributed by atoms with van der Waals surface area (Å²) in [6.45, 7) is 20.7. The number of hydrogen-bond donors (Lipinski definition) is 3. The average molecular weight is 681 g/mol. The van der Waals surface area contributed by atoms with Crippen molar-refractivity contribution in [2.24, 2.45) is 10.8 Å². The summed E-state index contributed by atoms with van der Waals surface area (Å²) in [5.74, 6) is -0.782. The minimum absolute atomic E-state index is 0.0934. The molecule has 1 amide bonds. The van der Waals surface area contributed by atoms with Crippen molar-refractivity contribution in [3.63, 3.8) is 0 Å². The molecule has 4 aromatic rings. The number of rotatable bonds is 15. The number of anilines is 3. The topological polar surface area (TPSA) is 127 Å². The van der Waals surface area contributed by atoms with Gasteiger partial charge in [0.15, 0.2) is 29.0 Å². The molecular formula is C36H48F2N7O4. The highest BCUT2D eigenvalue weighted by Gasteiger charge is 2.50. The lowest BCUT2D eigenvalue weighted by Crippen LogP contribution is -2.63. The summed E-state index contributed by atoms with van der Waals surface area (Å²) in [5.41, 5.74) is 0.291. The number of aromatic amines is 1. The van der Waals surface area contributed by atoms with Crippen molar-refractivity contribution in [2.45, 2.75) is 59.9 Å². The number of nitrogens with one attached hydrogen (secondary N) is 3. The molecule has 0 atom stereocenters. The zero-order valence-electron chi connectivity index (χ0n) is 29.7. The number of aromatic nitrogens is 4. The fourth-order valence-corrected chi connectivity index (χ4v) is 6.25. The quantitative estimate of drug-likeness (QED) is 0.114. The summed E-state index contributed by atoms with van der Waals surface area (Å²) in [5, 5.41) is 13.2. The van der Waals surface area contributed by atoms with E-state index in [2.05, 4.69) is 77.2 Å². The Kier molecular flexibility index (Phi) is 11.8.